The van der Waals surface area contributed by atoms with Gasteiger partial charge in [0.15, 0.2) is 0 Å². The van der Waals surface area contributed by atoms with E-state index in [1.807, 2.05) is 0 Å². The fraction of sp³-hybridized carbons (Fsp3) is 0.0667. The molecule has 0 aromatic heterocycles. The Kier molecular flexibility index (Phi) is 5.64. The molecule has 0 fully saturated rings. The molecule has 0 unspecified atom stereocenters. The number of benzene rings is 8. The molecule has 1 aliphatic carbocycles. The summed E-state index contributed by atoms with van der Waals surface area (Å²) in [4.78, 5) is 0. The smallest absolute Gasteiger partial charge is 0.0159 e. The van der Waals surface area contributed by atoms with Gasteiger partial charge < -0.3 is 0 Å². The van der Waals surface area contributed by atoms with Crippen LogP contribution in [0, 0.1) is 0 Å². The molecule has 0 aliphatic heterocycles. The molecule has 8 aromatic carbocycles. The Morgan fingerprint density at radius 3 is 1.42 bits per heavy atom. The van der Waals surface area contributed by atoms with Crippen LogP contribution in [0.2, 0.25) is 0 Å². The predicted octanol–water partition coefficient (Wildman–Crippen LogP) is 12.5. The van der Waals surface area contributed by atoms with E-state index < -0.39 is 0 Å². The summed E-state index contributed by atoms with van der Waals surface area (Å²) in [5, 5.41) is 7.73. The Bertz CT molecular complexity index is 2440. The summed E-state index contributed by atoms with van der Waals surface area (Å²) >= 11 is 0. The minimum atomic E-state index is -0.132. The number of rotatable bonds is 3. The lowest BCUT2D eigenvalue weighted by Gasteiger charge is -2.23. The highest BCUT2D eigenvalue weighted by molar-refractivity contribution is 6.14. The molecule has 0 saturated heterocycles. The average molecular weight is 573 g/mol. The molecular formula is C45H32. The Morgan fingerprint density at radius 2 is 0.778 bits per heavy atom. The highest BCUT2D eigenvalue weighted by atomic mass is 14.4. The largest absolute Gasteiger partial charge is 0.0622 e. The molecule has 0 saturated carbocycles. The van der Waals surface area contributed by atoms with Crippen molar-refractivity contribution in [3.8, 4) is 44.5 Å². The molecule has 0 nitrogen and oxygen atoms in total. The fourth-order valence-electron chi connectivity index (χ4n) is 7.70. The topological polar surface area (TPSA) is 0 Å². The molecule has 212 valence electrons. The predicted molar refractivity (Wildman–Crippen MR) is 193 cm³/mol. The van der Waals surface area contributed by atoms with Crippen molar-refractivity contribution in [3.05, 3.63) is 169 Å². The van der Waals surface area contributed by atoms with Gasteiger partial charge in [0, 0.05) is 5.41 Å². The average Bonchev–Trinajstić information content (AvgIpc) is 3.32. The van der Waals surface area contributed by atoms with Crippen LogP contribution in [0.1, 0.15) is 25.0 Å². The van der Waals surface area contributed by atoms with Crippen molar-refractivity contribution in [2.75, 3.05) is 0 Å². The standard InChI is InChI=1S/C45H32/c1-45(2)43-27-33(41-26-32-16-8-9-17-35(32)36-18-10-11-19-37(36)41)20-22-38(43)39-23-21-34(28-44(39)45)42-25-31-15-7-6-14-30(31)24-40(42)29-12-4-3-5-13-29/h3-28H,1-2H3. The Hall–Kier alpha value is -5.46. The van der Waals surface area contributed by atoms with Crippen molar-refractivity contribution < 1.29 is 0 Å². The number of hydrogen-bond acceptors (Lipinski definition) is 0. The van der Waals surface area contributed by atoms with Crippen LogP contribution < -0.4 is 0 Å². The van der Waals surface area contributed by atoms with Crippen molar-refractivity contribution in [2.24, 2.45) is 0 Å². The molecule has 0 spiro atoms. The summed E-state index contributed by atoms with van der Waals surface area (Å²) in [5.41, 5.74) is 13.0. The summed E-state index contributed by atoms with van der Waals surface area (Å²) < 4.78 is 0. The van der Waals surface area contributed by atoms with Crippen LogP contribution in [0.15, 0.2) is 158 Å². The number of hydrogen-bond donors (Lipinski definition) is 0. The Balaban J connectivity index is 1.20. The molecule has 0 heterocycles. The summed E-state index contributed by atoms with van der Waals surface area (Å²) in [6, 6.07) is 58.4. The third-order valence-electron chi connectivity index (χ3n) is 10.0. The first-order chi connectivity index (χ1) is 22.1. The lowest BCUT2D eigenvalue weighted by atomic mass is 9.80. The van der Waals surface area contributed by atoms with Crippen LogP contribution in [0.3, 0.4) is 0 Å². The maximum Gasteiger partial charge on any atom is 0.0159 e. The Morgan fingerprint density at radius 1 is 0.311 bits per heavy atom. The zero-order valence-corrected chi connectivity index (χ0v) is 25.5. The molecule has 0 heteroatoms. The van der Waals surface area contributed by atoms with Gasteiger partial charge in [-0.05, 0) is 118 Å². The van der Waals surface area contributed by atoms with E-state index in [1.54, 1.807) is 0 Å². The quantitative estimate of drug-likeness (QED) is 0.185. The maximum atomic E-state index is 2.46. The van der Waals surface area contributed by atoms with Crippen LogP contribution in [0.4, 0.5) is 0 Å². The third-order valence-corrected chi connectivity index (χ3v) is 10.0. The van der Waals surface area contributed by atoms with Gasteiger partial charge in [-0.15, -0.1) is 0 Å². The second kappa shape index (κ2) is 9.78. The third kappa shape index (κ3) is 3.99. The van der Waals surface area contributed by atoms with Gasteiger partial charge in [-0.3, -0.25) is 0 Å². The first kappa shape index (κ1) is 26.0. The normalized spacial score (nSPS) is 13.3. The maximum absolute atomic E-state index is 2.46. The van der Waals surface area contributed by atoms with Gasteiger partial charge in [0.2, 0.25) is 0 Å². The van der Waals surface area contributed by atoms with Crippen LogP contribution >= 0.6 is 0 Å². The lowest BCUT2D eigenvalue weighted by Crippen LogP contribution is -2.15. The highest BCUT2D eigenvalue weighted by Gasteiger charge is 2.36. The van der Waals surface area contributed by atoms with E-state index in [-0.39, 0.29) is 5.41 Å². The molecule has 0 radical (unpaired) electrons. The molecule has 0 atom stereocenters. The molecule has 0 N–H and O–H groups in total. The molecule has 0 bridgehead atoms. The Labute approximate surface area is 264 Å². The van der Waals surface area contributed by atoms with Gasteiger partial charge in [0.05, 0.1) is 0 Å². The van der Waals surface area contributed by atoms with Gasteiger partial charge in [0.25, 0.3) is 0 Å². The fourth-order valence-corrected chi connectivity index (χ4v) is 7.70. The number of fused-ring (bicyclic) bond motifs is 7. The zero-order valence-electron chi connectivity index (χ0n) is 25.5. The van der Waals surface area contributed by atoms with Crippen molar-refractivity contribution in [1.29, 1.82) is 0 Å². The second-order valence-corrected chi connectivity index (χ2v) is 12.9. The molecule has 8 aromatic rings. The molecule has 1 aliphatic rings. The first-order valence-electron chi connectivity index (χ1n) is 15.9. The van der Waals surface area contributed by atoms with E-state index >= 15 is 0 Å². The minimum Gasteiger partial charge on any atom is -0.0622 e. The summed E-state index contributed by atoms with van der Waals surface area (Å²) in [7, 11) is 0. The van der Waals surface area contributed by atoms with Crippen LogP contribution in [-0.4, -0.2) is 0 Å². The van der Waals surface area contributed by atoms with Gasteiger partial charge in [-0.25, -0.2) is 0 Å². The molecule has 0 amide bonds. The van der Waals surface area contributed by atoms with Crippen LogP contribution in [0.25, 0.3) is 76.8 Å². The van der Waals surface area contributed by atoms with Crippen molar-refractivity contribution >= 4 is 32.3 Å². The second-order valence-electron chi connectivity index (χ2n) is 12.9. The van der Waals surface area contributed by atoms with E-state index in [4.69, 9.17) is 0 Å². The van der Waals surface area contributed by atoms with Gasteiger partial charge in [-0.2, -0.15) is 0 Å². The van der Waals surface area contributed by atoms with E-state index in [1.165, 1.54) is 88.0 Å². The first-order valence-corrected chi connectivity index (χ1v) is 15.9. The van der Waals surface area contributed by atoms with E-state index in [0.717, 1.165) is 0 Å². The summed E-state index contributed by atoms with van der Waals surface area (Å²) in [6.45, 7) is 4.78. The summed E-state index contributed by atoms with van der Waals surface area (Å²) in [5.74, 6) is 0. The lowest BCUT2D eigenvalue weighted by molar-refractivity contribution is 0.661. The zero-order chi connectivity index (χ0) is 30.1. The van der Waals surface area contributed by atoms with E-state index in [0.29, 0.717) is 0 Å². The monoisotopic (exact) mass is 572 g/mol. The van der Waals surface area contributed by atoms with Crippen LogP contribution in [-0.2, 0) is 5.41 Å². The molecule has 45 heavy (non-hydrogen) atoms. The van der Waals surface area contributed by atoms with Crippen molar-refractivity contribution in [3.63, 3.8) is 0 Å². The SMILES string of the molecule is CC1(C)c2cc(-c3cc4ccccc4cc3-c3ccccc3)ccc2-c2ccc(-c3cc4ccccc4c4ccccc34)cc21. The highest BCUT2D eigenvalue weighted by Crippen LogP contribution is 2.51. The van der Waals surface area contributed by atoms with Gasteiger partial charge >= 0.3 is 0 Å². The van der Waals surface area contributed by atoms with Crippen molar-refractivity contribution in [1.82, 2.24) is 0 Å². The van der Waals surface area contributed by atoms with Crippen molar-refractivity contribution in [2.45, 2.75) is 19.3 Å². The van der Waals surface area contributed by atoms with Gasteiger partial charge in [0.1, 0.15) is 0 Å². The summed E-state index contributed by atoms with van der Waals surface area (Å²) in [6.07, 6.45) is 0. The minimum absolute atomic E-state index is 0.132. The van der Waals surface area contributed by atoms with E-state index in [9.17, 15) is 0 Å². The van der Waals surface area contributed by atoms with Crippen LogP contribution in [0.5, 0.6) is 0 Å². The van der Waals surface area contributed by atoms with E-state index in [2.05, 4.69) is 172 Å². The molecule has 9 rings (SSSR count). The van der Waals surface area contributed by atoms with Gasteiger partial charge in [-0.1, -0.05) is 141 Å². The molecular weight excluding hydrogens is 540 g/mol.